The molecule has 1 saturated heterocycles. The first-order chi connectivity index (χ1) is 10.4. The monoisotopic (exact) mass is 304 g/mol. The summed E-state index contributed by atoms with van der Waals surface area (Å²) >= 11 is 0. The van der Waals surface area contributed by atoms with Gasteiger partial charge in [-0.2, -0.15) is 0 Å². The van der Waals surface area contributed by atoms with Crippen molar-refractivity contribution in [3.63, 3.8) is 0 Å². The zero-order valence-corrected chi connectivity index (χ0v) is 13.4. The number of urea groups is 1. The van der Waals surface area contributed by atoms with E-state index in [4.69, 9.17) is 0 Å². The molecule has 0 radical (unpaired) electrons. The number of hydrogen-bond donors (Lipinski definition) is 3. The lowest BCUT2D eigenvalue weighted by Gasteiger charge is -2.28. The topological polar surface area (TPSA) is 83.1 Å². The Bertz CT molecular complexity index is 534. The first-order valence-corrected chi connectivity index (χ1v) is 7.67. The average molecular weight is 304 g/mol. The van der Waals surface area contributed by atoms with E-state index in [1.807, 2.05) is 26.8 Å². The summed E-state index contributed by atoms with van der Waals surface area (Å²) < 4.78 is 0. The molecule has 1 aliphatic heterocycles. The molecular weight excluding hydrogens is 280 g/mol. The van der Waals surface area contributed by atoms with Gasteiger partial charge in [0.1, 0.15) is 5.54 Å². The van der Waals surface area contributed by atoms with Crippen LogP contribution in [-0.2, 0) is 0 Å². The SMILES string of the molecule is Cc1ccc(C(=O)[C@@]2(NC(=O)NCC(C)C)CCNC2)cn1. The number of Topliss-reactive ketones (excluding diaryl/α,β-unsaturated/α-hetero) is 1. The summed E-state index contributed by atoms with van der Waals surface area (Å²) in [5, 5.41) is 8.84. The lowest BCUT2D eigenvalue weighted by Crippen LogP contribution is -2.58. The van der Waals surface area contributed by atoms with E-state index >= 15 is 0 Å². The van der Waals surface area contributed by atoms with Crippen LogP contribution in [0.2, 0.25) is 0 Å². The van der Waals surface area contributed by atoms with Crippen molar-refractivity contribution in [2.75, 3.05) is 19.6 Å². The molecule has 0 saturated carbocycles. The van der Waals surface area contributed by atoms with Crippen molar-refractivity contribution in [2.45, 2.75) is 32.7 Å². The molecule has 1 fully saturated rings. The Morgan fingerprint density at radius 2 is 2.18 bits per heavy atom. The Hall–Kier alpha value is -1.95. The average Bonchev–Trinajstić information content (AvgIpc) is 2.95. The van der Waals surface area contributed by atoms with Gasteiger partial charge >= 0.3 is 6.03 Å². The van der Waals surface area contributed by atoms with Gasteiger partial charge in [0, 0.05) is 30.5 Å². The van der Waals surface area contributed by atoms with Crippen LogP contribution in [0.4, 0.5) is 4.79 Å². The molecule has 0 spiro atoms. The third kappa shape index (κ3) is 3.82. The number of aryl methyl sites for hydroxylation is 1. The second kappa shape index (κ2) is 6.87. The summed E-state index contributed by atoms with van der Waals surface area (Å²) in [6, 6.07) is 3.27. The Morgan fingerprint density at radius 1 is 1.41 bits per heavy atom. The van der Waals surface area contributed by atoms with Crippen molar-refractivity contribution in [2.24, 2.45) is 5.92 Å². The van der Waals surface area contributed by atoms with E-state index in [2.05, 4.69) is 20.9 Å². The fourth-order valence-electron chi connectivity index (χ4n) is 2.49. The van der Waals surface area contributed by atoms with E-state index in [0.717, 1.165) is 5.69 Å². The fourth-order valence-corrected chi connectivity index (χ4v) is 2.49. The third-order valence-corrected chi connectivity index (χ3v) is 3.79. The number of hydrogen-bond acceptors (Lipinski definition) is 4. The van der Waals surface area contributed by atoms with Crippen LogP contribution >= 0.6 is 0 Å². The molecule has 22 heavy (non-hydrogen) atoms. The number of pyridine rings is 1. The first-order valence-electron chi connectivity index (χ1n) is 7.67. The molecule has 3 N–H and O–H groups in total. The molecule has 120 valence electrons. The smallest absolute Gasteiger partial charge is 0.315 e. The molecule has 2 heterocycles. The van der Waals surface area contributed by atoms with Gasteiger partial charge in [0.15, 0.2) is 5.78 Å². The molecule has 6 heteroatoms. The molecule has 2 amide bonds. The molecule has 2 rings (SSSR count). The van der Waals surface area contributed by atoms with Gasteiger partial charge in [0.2, 0.25) is 0 Å². The maximum absolute atomic E-state index is 12.8. The van der Waals surface area contributed by atoms with Crippen LogP contribution in [0.25, 0.3) is 0 Å². The Labute approximate surface area is 131 Å². The van der Waals surface area contributed by atoms with E-state index in [0.29, 0.717) is 37.5 Å². The number of ketones is 1. The van der Waals surface area contributed by atoms with E-state index in [1.54, 1.807) is 12.3 Å². The quantitative estimate of drug-likeness (QED) is 0.715. The van der Waals surface area contributed by atoms with Crippen LogP contribution < -0.4 is 16.0 Å². The van der Waals surface area contributed by atoms with Crippen molar-refractivity contribution in [1.82, 2.24) is 20.9 Å². The van der Waals surface area contributed by atoms with Crippen LogP contribution in [0, 0.1) is 12.8 Å². The fraction of sp³-hybridized carbons (Fsp3) is 0.562. The standard InChI is InChI=1S/C16H24N4O2/c1-11(2)8-19-15(22)20-16(6-7-17-10-16)14(21)13-5-4-12(3)18-9-13/h4-5,9,11,17H,6-8,10H2,1-3H3,(H2,19,20,22)/t16-/m1/s1. The van der Waals surface area contributed by atoms with E-state index in [1.165, 1.54) is 0 Å². The summed E-state index contributed by atoms with van der Waals surface area (Å²) in [4.78, 5) is 29.1. The minimum Gasteiger partial charge on any atom is -0.338 e. The van der Waals surface area contributed by atoms with Crippen molar-refractivity contribution in [3.8, 4) is 0 Å². The summed E-state index contributed by atoms with van der Waals surface area (Å²) in [6.45, 7) is 7.64. The van der Waals surface area contributed by atoms with Crippen molar-refractivity contribution >= 4 is 11.8 Å². The van der Waals surface area contributed by atoms with Crippen molar-refractivity contribution < 1.29 is 9.59 Å². The highest BCUT2D eigenvalue weighted by molar-refractivity contribution is 6.05. The number of amides is 2. The van der Waals surface area contributed by atoms with Crippen molar-refractivity contribution in [1.29, 1.82) is 0 Å². The van der Waals surface area contributed by atoms with Crippen LogP contribution in [0.1, 0.15) is 36.3 Å². The second-order valence-electron chi connectivity index (χ2n) is 6.26. The van der Waals surface area contributed by atoms with Crippen molar-refractivity contribution in [3.05, 3.63) is 29.6 Å². The van der Waals surface area contributed by atoms with E-state index in [-0.39, 0.29) is 11.8 Å². The van der Waals surface area contributed by atoms with Gasteiger partial charge in [-0.15, -0.1) is 0 Å². The summed E-state index contributed by atoms with van der Waals surface area (Å²) in [5.74, 6) is 0.269. The molecule has 0 unspecified atom stereocenters. The lowest BCUT2D eigenvalue weighted by atomic mass is 9.89. The highest BCUT2D eigenvalue weighted by Gasteiger charge is 2.43. The number of nitrogens with zero attached hydrogens (tertiary/aromatic N) is 1. The number of carbonyl (C=O) groups excluding carboxylic acids is 2. The third-order valence-electron chi connectivity index (χ3n) is 3.79. The minimum atomic E-state index is -0.891. The highest BCUT2D eigenvalue weighted by atomic mass is 16.2. The largest absolute Gasteiger partial charge is 0.338 e. The molecular formula is C16H24N4O2. The molecule has 1 aliphatic rings. The van der Waals surface area contributed by atoms with Crippen LogP contribution in [0.15, 0.2) is 18.3 Å². The van der Waals surface area contributed by atoms with E-state index < -0.39 is 5.54 Å². The Morgan fingerprint density at radius 3 is 2.73 bits per heavy atom. The summed E-state index contributed by atoms with van der Waals surface area (Å²) in [5.41, 5.74) is 0.495. The Kier molecular flexibility index (Phi) is 5.13. The van der Waals surface area contributed by atoms with Gasteiger partial charge in [-0.25, -0.2) is 4.79 Å². The van der Waals surface area contributed by atoms with Gasteiger partial charge in [-0.05, 0) is 37.9 Å². The highest BCUT2D eigenvalue weighted by Crippen LogP contribution is 2.21. The summed E-state index contributed by atoms with van der Waals surface area (Å²) in [7, 11) is 0. The molecule has 1 aromatic rings. The predicted molar refractivity (Wildman–Crippen MR) is 84.9 cm³/mol. The normalized spacial score (nSPS) is 20.9. The van der Waals surface area contributed by atoms with Crippen LogP contribution in [0.3, 0.4) is 0 Å². The molecule has 6 nitrogen and oxygen atoms in total. The first kappa shape index (κ1) is 16.4. The minimum absolute atomic E-state index is 0.0929. The summed E-state index contributed by atoms with van der Waals surface area (Å²) in [6.07, 6.45) is 2.15. The molecule has 0 bridgehead atoms. The van der Waals surface area contributed by atoms with Gasteiger partial charge in [-0.1, -0.05) is 13.8 Å². The molecule has 1 atom stereocenters. The van der Waals surface area contributed by atoms with Gasteiger partial charge in [0.25, 0.3) is 0 Å². The lowest BCUT2D eigenvalue weighted by molar-refractivity contribution is 0.0873. The number of aromatic nitrogens is 1. The van der Waals surface area contributed by atoms with Gasteiger partial charge in [-0.3, -0.25) is 9.78 Å². The number of carbonyl (C=O) groups is 2. The van der Waals surface area contributed by atoms with Crippen LogP contribution in [0.5, 0.6) is 0 Å². The van der Waals surface area contributed by atoms with Gasteiger partial charge < -0.3 is 16.0 Å². The van der Waals surface area contributed by atoms with Crippen LogP contribution in [-0.4, -0.2) is 42.0 Å². The molecule has 0 aromatic carbocycles. The predicted octanol–water partition coefficient (Wildman–Crippen LogP) is 1.26. The maximum Gasteiger partial charge on any atom is 0.315 e. The molecule has 0 aliphatic carbocycles. The maximum atomic E-state index is 12.8. The number of rotatable bonds is 5. The zero-order chi connectivity index (χ0) is 16.2. The van der Waals surface area contributed by atoms with E-state index in [9.17, 15) is 9.59 Å². The molecule has 1 aromatic heterocycles. The Balaban J connectivity index is 2.12. The second-order valence-corrected chi connectivity index (χ2v) is 6.26. The van der Waals surface area contributed by atoms with Gasteiger partial charge in [0.05, 0.1) is 0 Å². The number of nitrogens with one attached hydrogen (secondary N) is 3. The zero-order valence-electron chi connectivity index (χ0n) is 13.4.